The summed E-state index contributed by atoms with van der Waals surface area (Å²) in [7, 11) is 0. The van der Waals surface area contributed by atoms with Crippen molar-refractivity contribution >= 4 is 34.7 Å². The Morgan fingerprint density at radius 1 is 1.57 bits per heavy atom. The van der Waals surface area contributed by atoms with E-state index in [1.54, 1.807) is 11.3 Å². The Balaban J connectivity index is 1.73. The minimum absolute atomic E-state index is 0.557. The van der Waals surface area contributed by atoms with Gasteiger partial charge in [-0.15, -0.1) is 11.3 Å². The van der Waals surface area contributed by atoms with Gasteiger partial charge in [0, 0.05) is 22.7 Å². The Labute approximate surface area is 98.2 Å². The van der Waals surface area contributed by atoms with E-state index in [0.29, 0.717) is 4.75 Å². The highest BCUT2D eigenvalue weighted by Crippen LogP contribution is 2.46. The molecule has 0 bridgehead atoms. The highest BCUT2D eigenvalue weighted by atomic mass is 35.5. The summed E-state index contributed by atoms with van der Waals surface area (Å²) in [6.45, 7) is 2.09. The second-order valence-corrected chi connectivity index (χ2v) is 6.77. The molecule has 0 atom stereocenters. The SMILES string of the molecule is CSC1(CNCc2ccc(Cl)s2)CC1. The van der Waals surface area contributed by atoms with Gasteiger partial charge in [-0.3, -0.25) is 0 Å². The summed E-state index contributed by atoms with van der Waals surface area (Å²) in [5.74, 6) is 0. The van der Waals surface area contributed by atoms with Crippen molar-refractivity contribution in [2.75, 3.05) is 12.8 Å². The van der Waals surface area contributed by atoms with E-state index in [-0.39, 0.29) is 0 Å². The fourth-order valence-electron chi connectivity index (χ4n) is 1.45. The van der Waals surface area contributed by atoms with Crippen molar-refractivity contribution in [3.63, 3.8) is 0 Å². The molecule has 1 fully saturated rings. The van der Waals surface area contributed by atoms with Crippen LogP contribution in [0.4, 0.5) is 0 Å². The van der Waals surface area contributed by atoms with Crippen LogP contribution < -0.4 is 5.32 Å². The summed E-state index contributed by atoms with van der Waals surface area (Å²) in [6, 6.07) is 4.06. The van der Waals surface area contributed by atoms with Gasteiger partial charge in [0.2, 0.25) is 0 Å². The van der Waals surface area contributed by atoms with Crippen molar-refractivity contribution in [2.45, 2.75) is 24.1 Å². The Bertz CT molecular complexity index is 307. The molecular formula is C10H14ClNS2. The Morgan fingerprint density at radius 3 is 2.86 bits per heavy atom. The number of hydrogen-bond donors (Lipinski definition) is 1. The molecule has 0 amide bonds. The molecule has 0 spiro atoms. The quantitative estimate of drug-likeness (QED) is 0.856. The van der Waals surface area contributed by atoms with Crippen molar-refractivity contribution in [3.05, 3.63) is 21.3 Å². The first kappa shape index (κ1) is 10.8. The number of nitrogens with one attached hydrogen (secondary N) is 1. The average Bonchev–Trinajstić information content (AvgIpc) is 2.84. The molecule has 1 aliphatic rings. The molecular weight excluding hydrogens is 234 g/mol. The molecule has 0 radical (unpaired) electrons. The van der Waals surface area contributed by atoms with Crippen LogP contribution in [0.1, 0.15) is 17.7 Å². The van der Waals surface area contributed by atoms with Gasteiger partial charge in [0.25, 0.3) is 0 Å². The van der Waals surface area contributed by atoms with Crippen molar-refractivity contribution in [1.82, 2.24) is 5.32 Å². The molecule has 1 N–H and O–H groups in total. The van der Waals surface area contributed by atoms with Crippen LogP contribution in [-0.2, 0) is 6.54 Å². The van der Waals surface area contributed by atoms with Gasteiger partial charge >= 0.3 is 0 Å². The van der Waals surface area contributed by atoms with E-state index < -0.39 is 0 Å². The fraction of sp³-hybridized carbons (Fsp3) is 0.600. The standard InChI is InChI=1S/C10H14ClNS2/c1-13-10(4-5-10)7-12-6-8-2-3-9(11)14-8/h2-3,12H,4-7H2,1H3. The average molecular weight is 248 g/mol. The molecule has 1 aromatic heterocycles. The Morgan fingerprint density at radius 2 is 2.36 bits per heavy atom. The van der Waals surface area contributed by atoms with Crippen LogP contribution in [0.25, 0.3) is 0 Å². The van der Waals surface area contributed by atoms with Crippen LogP contribution in [0.15, 0.2) is 12.1 Å². The normalized spacial score (nSPS) is 18.4. The van der Waals surface area contributed by atoms with Gasteiger partial charge in [0.15, 0.2) is 0 Å². The largest absolute Gasteiger partial charge is 0.310 e. The molecule has 1 nitrogen and oxygen atoms in total. The topological polar surface area (TPSA) is 12.0 Å². The van der Waals surface area contributed by atoms with Crippen LogP contribution in [-0.4, -0.2) is 17.5 Å². The molecule has 0 aliphatic heterocycles. The lowest BCUT2D eigenvalue weighted by molar-refractivity contribution is 0.669. The maximum atomic E-state index is 5.86. The lowest BCUT2D eigenvalue weighted by Gasteiger charge is -2.11. The van der Waals surface area contributed by atoms with Gasteiger partial charge in [0.05, 0.1) is 4.34 Å². The van der Waals surface area contributed by atoms with Gasteiger partial charge in [-0.25, -0.2) is 0 Å². The lowest BCUT2D eigenvalue weighted by Crippen LogP contribution is -2.24. The molecule has 78 valence electrons. The molecule has 1 aromatic rings. The first-order chi connectivity index (χ1) is 6.74. The summed E-state index contributed by atoms with van der Waals surface area (Å²) < 4.78 is 1.44. The van der Waals surface area contributed by atoms with E-state index in [1.165, 1.54) is 17.7 Å². The zero-order valence-corrected chi connectivity index (χ0v) is 10.6. The smallest absolute Gasteiger partial charge is 0.0931 e. The Hall–Kier alpha value is 0.300. The van der Waals surface area contributed by atoms with Gasteiger partial charge in [-0.2, -0.15) is 11.8 Å². The van der Waals surface area contributed by atoms with Crippen LogP contribution >= 0.6 is 34.7 Å². The summed E-state index contributed by atoms with van der Waals surface area (Å²) >= 11 is 9.51. The van der Waals surface area contributed by atoms with Gasteiger partial charge in [-0.05, 0) is 31.2 Å². The second-order valence-electron chi connectivity index (χ2n) is 3.70. The van der Waals surface area contributed by atoms with Gasteiger partial charge < -0.3 is 5.32 Å². The van der Waals surface area contributed by atoms with Crippen LogP contribution in [0.2, 0.25) is 4.34 Å². The zero-order valence-electron chi connectivity index (χ0n) is 8.18. The summed E-state index contributed by atoms with van der Waals surface area (Å²) in [6.07, 6.45) is 4.94. The zero-order chi connectivity index (χ0) is 10.0. The summed E-state index contributed by atoms with van der Waals surface area (Å²) in [5.41, 5.74) is 0. The number of rotatable bonds is 5. The third-order valence-electron chi connectivity index (χ3n) is 2.62. The highest BCUT2D eigenvalue weighted by Gasteiger charge is 2.41. The Kier molecular flexibility index (Phi) is 3.42. The highest BCUT2D eigenvalue weighted by molar-refractivity contribution is 8.00. The maximum Gasteiger partial charge on any atom is 0.0931 e. The minimum Gasteiger partial charge on any atom is -0.310 e. The molecule has 4 heteroatoms. The molecule has 0 aromatic carbocycles. The molecule has 0 unspecified atom stereocenters. The van der Waals surface area contributed by atoms with Crippen LogP contribution in [0.3, 0.4) is 0 Å². The fourth-order valence-corrected chi connectivity index (χ4v) is 3.27. The second kappa shape index (κ2) is 4.44. The van der Waals surface area contributed by atoms with E-state index in [2.05, 4.69) is 17.6 Å². The molecule has 1 aliphatic carbocycles. The maximum absolute atomic E-state index is 5.86. The van der Waals surface area contributed by atoms with Crippen LogP contribution in [0.5, 0.6) is 0 Å². The third kappa shape index (κ3) is 2.66. The predicted molar refractivity (Wildman–Crippen MR) is 66.5 cm³/mol. The van der Waals surface area contributed by atoms with Crippen molar-refractivity contribution < 1.29 is 0 Å². The van der Waals surface area contributed by atoms with Crippen molar-refractivity contribution in [3.8, 4) is 0 Å². The van der Waals surface area contributed by atoms with E-state index in [1.807, 2.05) is 17.8 Å². The van der Waals surface area contributed by atoms with E-state index in [0.717, 1.165) is 17.4 Å². The summed E-state index contributed by atoms with van der Waals surface area (Å²) in [4.78, 5) is 1.33. The minimum atomic E-state index is 0.557. The number of thiophene rings is 1. The molecule has 0 saturated heterocycles. The van der Waals surface area contributed by atoms with Gasteiger partial charge in [-0.1, -0.05) is 11.6 Å². The monoisotopic (exact) mass is 247 g/mol. The number of halogens is 1. The predicted octanol–water partition coefficient (Wildman–Crippen LogP) is 3.39. The lowest BCUT2D eigenvalue weighted by atomic mass is 10.4. The number of thioether (sulfide) groups is 1. The van der Waals surface area contributed by atoms with Crippen molar-refractivity contribution in [1.29, 1.82) is 0 Å². The first-order valence-electron chi connectivity index (χ1n) is 4.74. The molecule has 1 heterocycles. The first-order valence-corrected chi connectivity index (χ1v) is 7.16. The third-order valence-corrected chi connectivity index (χ3v) is 5.27. The van der Waals surface area contributed by atoms with Gasteiger partial charge in [0.1, 0.15) is 0 Å². The molecule has 1 saturated carbocycles. The number of hydrogen-bond acceptors (Lipinski definition) is 3. The van der Waals surface area contributed by atoms with E-state index >= 15 is 0 Å². The van der Waals surface area contributed by atoms with Crippen LogP contribution in [0, 0.1) is 0 Å². The van der Waals surface area contributed by atoms with Crippen molar-refractivity contribution in [2.24, 2.45) is 0 Å². The summed E-state index contributed by atoms with van der Waals surface area (Å²) in [5, 5.41) is 3.50. The molecule has 2 rings (SSSR count). The van der Waals surface area contributed by atoms with E-state index in [4.69, 9.17) is 11.6 Å². The van der Waals surface area contributed by atoms with E-state index in [9.17, 15) is 0 Å². The molecule has 14 heavy (non-hydrogen) atoms.